The smallest absolute Gasteiger partial charge is 0.270 e. The van der Waals surface area contributed by atoms with Crippen molar-refractivity contribution in [3.63, 3.8) is 0 Å². The molecule has 3 aromatic heterocycles. The number of imidazole rings is 1. The minimum atomic E-state index is -3.06. The molecular formula is C30H34F2N8O3. The molecule has 4 aromatic rings. The summed E-state index contributed by atoms with van der Waals surface area (Å²) in [5.41, 5.74) is 8.11. The highest BCUT2D eigenvalue weighted by atomic mass is 19.3. The molecule has 0 bridgehead atoms. The zero-order valence-corrected chi connectivity index (χ0v) is 24.1. The van der Waals surface area contributed by atoms with Crippen molar-refractivity contribution in [3.8, 4) is 11.3 Å². The lowest BCUT2D eigenvalue weighted by Gasteiger charge is -2.32. The van der Waals surface area contributed by atoms with Gasteiger partial charge in [0.2, 0.25) is 5.91 Å². The summed E-state index contributed by atoms with van der Waals surface area (Å²) in [6, 6.07) is 9.02. The molecule has 0 aliphatic carbocycles. The van der Waals surface area contributed by atoms with Crippen molar-refractivity contribution in [2.24, 2.45) is 0 Å². The number of amides is 2. The highest BCUT2D eigenvalue weighted by molar-refractivity contribution is 6.04. The first-order valence-corrected chi connectivity index (χ1v) is 14.3. The van der Waals surface area contributed by atoms with Gasteiger partial charge in [0.05, 0.1) is 13.0 Å². The van der Waals surface area contributed by atoms with Crippen LogP contribution in [0.4, 0.5) is 20.4 Å². The Bertz CT molecular complexity index is 1600. The van der Waals surface area contributed by atoms with Gasteiger partial charge in [-0.05, 0) is 43.5 Å². The molecular weight excluding hydrogens is 558 g/mol. The number of carbonyl (C=O) groups excluding carboxylic acids is 2. The van der Waals surface area contributed by atoms with Gasteiger partial charge in [-0.2, -0.15) is 5.10 Å². The minimum Gasteiger partial charge on any atom is -0.382 e. The lowest BCUT2D eigenvalue weighted by atomic mass is 9.97. The molecule has 0 radical (unpaired) electrons. The summed E-state index contributed by atoms with van der Waals surface area (Å²) < 4.78 is 34.6. The van der Waals surface area contributed by atoms with Crippen molar-refractivity contribution in [1.82, 2.24) is 29.5 Å². The summed E-state index contributed by atoms with van der Waals surface area (Å²) in [5, 5.41) is 7.00. The molecule has 2 amide bonds. The fourth-order valence-electron chi connectivity index (χ4n) is 5.16. The Balaban J connectivity index is 1.36. The van der Waals surface area contributed by atoms with Crippen molar-refractivity contribution < 1.29 is 23.1 Å². The molecule has 1 aliphatic rings. The molecule has 4 heterocycles. The molecule has 1 atom stereocenters. The molecule has 0 unspecified atom stereocenters. The highest BCUT2D eigenvalue weighted by Crippen LogP contribution is 2.34. The van der Waals surface area contributed by atoms with E-state index in [4.69, 9.17) is 15.5 Å². The molecule has 43 heavy (non-hydrogen) atoms. The number of hydrogen-bond acceptors (Lipinski definition) is 8. The SMILES string of the molecule is CCCOCCC(=O)N1CCC[C@@H](c2nc(-c3ccc(C(=O)Nc4cc(C(C)(F)F)ccn4)cc3)c3c(N)ncnn23)C1. The number of nitrogens with two attached hydrogens (primary N) is 1. The summed E-state index contributed by atoms with van der Waals surface area (Å²) in [6.07, 6.45) is 5.50. The molecule has 5 rings (SSSR count). The number of alkyl halides is 2. The number of aromatic nitrogens is 5. The summed E-state index contributed by atoms with van der Waals surface area (Å²) in [5.74, 6) is -2.61. The van der Waals surface area contributed by atoms with Crippen LogP contribution in [0, 0.1) is 0 Å². The summed E-state index contributed by atoms with van der Waals surface area (Å²) in [7, 11) is 0. The van der Waals surface area contributed by atoms with Crippen LogP contribution >= 0.6 is 0 Å². The van der Waals surface area contributed by atoms with E-state index in [9.17, 15) is 18.4 Å². The van der Waals surface area contributed by atoms with Crippen LogP contribution in [0.25, 0.3) is 16.8 Å². The van der Waals surface area contributed by atoms with Gasteiger partial charge in [-0.1, -0.05) is 19.1 Å². The quantitative estimate of drug-likeness (QED) is 0.254. The number of pyridine rings is 1. The Morgan fingerprint density at radius 2 is 1.95 bits per heavy atom. The van der Waals surface area contributed by atoms with Gasteiger partial charge in [0.15, 0.2) is 5.82 Å². The molecule has 11 nitrogen and oxygen atoms in total. The first-order valence-electron chi connectivity index (χ1n) is 14.3. The molecule has 1 aromatic carbocycles. The third-order valence-corrected chi connectivity index (χ3v) is 7.36. The van der Waals surface area contributed by atoms with Crippen LogP contribution in [0.1, 0.15) is 67.2 Å². The fraction of sp³-hybridized carbons (Fsp3) is 0.400. The van der Waals surface area contributed by atoms with E-state index in [2.05, 4.69) is 20.4 Å². The zero-order chi connectivity index (χ0) is 30.6. The second kappa shape index (κ2) is 12.8. The van der Waals surface area contributed by atoms with Crippen molar-refractivity contribution in [2.45, 2.75) is 51.4 Å². The molecule has 1 fully saturated rings. The van der Waals surface area contributed by atoms with Gasteiger partial charge >= 0.3 is 0 Å². The Morgan fingerprint density at radius 1 is 1.16 bits per heavy atom. The number of nitrogens with zero attached hydrogens (tertiary/aromatic N) is 6. The number of anilines is 2. The monoisotopic (exact) mass is 592 g/mol. The van der Waals surface area contributed by atoms with Crippen molar-refractivity contribution in [1.29, 1.82) is 0 Å². The average Bonchev–Trinajstić information content (AvgIpc) is 3.40. The van der Waals surface area contributed by atoms with Gasteiger partial charge in [-0.25, -0.2) is 28.2 Å². The first kappa shape index (κ1) is 30.0. The van der Waals surface area contributed by atoms with Gasteiger partial charge in [0.1, 0.15) is 29.2 Å². The van der Waals surface area contributed by atoms with Crippen LogP contribution in [0.5, 0.6) is 0 Å². The molecule has 1 saturated heterocycles. The van der Waals surface area contributed by atoms with Crippen molar-refractivity contribution in [3.05, 3.63) is 65.9 Å². The molecule has 0 saturated carbocycles. The normalized spacial score (nSPS) is 15.5. The molecule has 226 valence electrons. The Hall–Kier alpha value is -4.52. The number of halogens is 2. The third-order valence-electron chi connectivity index (χ3n) is 7.36. The number of nitrogen functional groups attached to an aromatic ring is 1. The molecule has 13 heteroatoms. The Labute approximate surface area is 247 Å². The maximum Gasteiger partial charge on any atom is 0.270 e. The number of hydrogen-bond donors (Lipinski definition) is 2. The van der Waals surface area contributed by atoms with Crippen LogP contribution in [-0.2, 0) is 15.5 Å². The largest absolute Gasteiger partial charge is 0.382 e. The summed E-state index contributed by atoms with van der Waals surface area (Å²) >= 11 is 0. The Kier molecular flexibility index (Phi) is 8.90. The van der Waals surface area contributed by atoms with Gasteiger partial charge in [0.25, 0.3) is 11.8 Å². The van der Waals surface area contributed by atoms with Crippen LogP contribution in [0.15, 0.2) is 48.9 Å². The lowest BCUT2D eigenvalue weighted by molar-refractivity contribution is -0.133. The van der Waals surface area contributed by atoms with Gasteiger partial charge < -0.3 is 20.7 Å². The maximum absolute atomic E-state index is 13.7. The van der Waals surface area contributed by atoms with Crippen molar-refractivity contribution >= 4 is 29.0 Å². The number of ether oxygens (including phenoxy) is 1. The predicted molar refractivity (Wildman–Crippen MR) is 157 cm³/mol. The maximum atomic E-state index is 13.7. The number of rotatable bonds is 10. The number of carbonyl (C=O) groups is 2. The van der Waals surface area contributed by atoms with Crippen LogP contribution in [0.2, 0.25) is 0 Å². The van der Waals surface area contributed by atoms with Crippen LogP contribution in [-0.4, -0.2) is 67.6 Å². The van der Waals surface area contributed by atoms with Gasteiger partial charge in [-0.3, -0.25) is 9.59 Å². The van der Waals surface area contributed by atoms with Gasteiger partial charge in [0, 0.05) is 55.4 Å². The van der Waals surface area contributed by atoms with Crippen LogP contribution < -0.4 is 11.1 Å². The van der Waals surface area contributed by atoms with Crippen molar-refractivity contribution in [2.75, 3.05) is 37.4 Å². The number of fused-ring (bicyclic) bond motifs is 1. The fourth-order valence-corrected chi connectivity index (χ4v) is 5.16. The predicted octanol–water partition coefficient (Wildman–Crippen LogP) is 4.66. The van der Waals surface area contributed by atoms with E-state index in [1.165, 1.54) is 18.6 Å². The lowest BCUT2D eigenvalue weighted by Crippen LogP contribution is -2.40. The van der Waals surface area contributed by atoms with E-state index in [-0.39, 0.29) is 29.0 Å². The van der Waals surface area contributed by atoms with E-state index in [1.54, 1.807) is 28.8 Å². The topological polar surface area (TPSA) is 141 Å². The molecule has 1 aliphatic heterocycles. The first-order chi connectivity index (χ1) is 20.7. The van der Waals surface area contributed by atoms with E-state index in [0.717, 1.165) is 32.3 Å². The van der Waals surface area contributed by atoms with E-state index in [0.29, 0.717) is 60.9 Å². The minimum absolute atomic E-state index is 0.0243. The standard InChI is InChI=1S/C30H34F2N8O3/c1-3-14-43-15-11-24(41)39-13-4-5-21(17-39)28-38-25(26-27(33)35-18-36-40(26)28)19-6-8-20(9-7-19)29(42)37-23-16-22(10-12-34-23)30(2,31)32/h6-10,12,16,18,21H,3-5,11,13-15,17H2,1-2H3,(H2,33,35,36)(H,34,37,42)/t21-/m1/s1. The third kappa shape index (κ3) is 6.77. The second-order valence-electron chi connectivity index (χ2n) is 10.6. The van der Waals surface area contributed by atoms with E-state index < -0.39 is 11.8 Å². The zero-order valence-electron chi connectivity index (χ0n) is 24.1. The molecule has 0 spiro atoms. The van der Waals surface area contributed by atoms with Crippen LogP contribution in [0.3, 0.4) is 0 Å². The Morgan fingerprint density at radius 3 is 2.70 bits per heavy atom. The highest BCUT2D eigenvalue weighted by Gasteiger charge is 2.30. The summed E-state index contributed by atoms with van der Waals surface area (Å²) in [6.45, 7) is 5.04. The number of benzene rings is 1. The number of nitrogens with one attached hydrogen (secondary N) is 1. The number of likely N-dealkylation sites (tertiary alicyclic amines) is 1. The van der Waals surface area contributed by atoms with E-state index >= 15 is 0 Å². The van der Waals surface area contributed by atoms with Gasteiger partial charge in [-0.15, -0.1) is 0 Å². The van der Waals surface area contributed by atoms with E-state index in [1.807, 2.05) is 11.8 Å². The summed E-state index contributed by atoms with van der Waals surface area (Å²) in [4.78, 5) is 40.6. The number of piperidine rings is 1. The average molecular weight is 593 g/mol. The second-order valence-corrected chi connectivity index (χ2v) is 10.6. The molecule has 3 N–H and O–H groups in total.